The van der Waals surface area contributed by atoms with Gasteiger partial charge in [-0.05, 0) is 20.3 Å². The maximum atomic E-state index is 8.45. The van der Waals surface area contributed by atoms with Crippen LogP contribution in [0.3, 0.4) is 0 Å². The third-order valence-corrected chi connectivity index (χ3v) is 1.27. The van der Waals surface area contributed by atoms with Crippen LogP contribution >= 0.6 is 0 Å². The largest absolute Gasteiger partial charge is 0.396 e. The van der Waals surface area contributed by atoms with Crippen LogP contribution in [0.2, 0.25) is 0 Å². The molecule has 0 aliphatic carbocycles. The van der Waals surface area contributed by atoms with E-state index in [2.05, 4.69) is 4.74 Å². The van der Waals surface area contributed by atoms with Crippen molar-refractivity contribution in [1.82, 2.24) is 0 Å². The number of ether oxygens (including phenoxy) is 2. The van der Waals surface area contributed by atoms with Crippen LogP contribution in [0.5, 0.6) is 0 Å². The summed E-state index contributed by atoms with van der Waals surface area (Å²) in [5.74, 6) is 0. The summed E-state index contributed by atoms with van der Waals surface area (Å²) in [4.78, 5) is 0. The Morgan fingerprint density at radius 2 is 1.55 bits per heavy atom. The predicted molar refractivity (Wildman–Crippen MR) is 45.7 cm³/mol. The van der Waals surface area contributed by atoms with E-state index in [1.807, 2.05) is 13.8 Å². The highest BCUT2D eigenvalue weighted by Gasteiger charge is 2.13. The standard InChI is InChI=1S/C6H14O2.C2H6O/c1-6(2,8-3)4-5-7;1-3-2/h7H,4-5H2,1-3H3;1-2H3. The molecule has 0 saturated carbocycles. The van der Waals surface area contributed by atoms with Crippen LogP contribution in [0.4, 0.5) is 0 Å². The highest BCUT2D eigenvalue weighted by atomic mass is 16.5. The molecule has 0 atom stereocenters. The molecule has 0 amide bonds. The van der Waals surface area contributed by atoms with Crippen molar-refractivity contribution in [1.29, 1.82) is 0 Å². The molecule has 0 unspecified atom stereocenters. The lowest BCUT2D eigenvalue weighted by Gasteiger charge is -2.20. The summed E-state index contributed by atoms with van der Waals surface area (Å²) >= 11 is 0. The topological polar surface area (TPSA) is 38.7 Å². The van der Waals surface area contributed by atoms with Crippen LogP contribution in [-0.2, 0) is 9.47 Å². The van der Waals surface area contributed by atoms with Gasteiger partial charge in [-0.2, -0.15) is 0 Å². The summed E-state index contributed by atoms with van der Waals surface area (Å²) in [5.41, 5.74) is -0.158. The first-order valence-corrected chi connectivity index (χ1v) is 3.60. The van der Waals surface area contributed by atoms with E-state index in [9.17, 15) is 0 Å². The average molecular weight is 164 g/mol. The van der Waals surface area contributed by atoms with E-state index in [-0.39, 0.29) is 12.2 Å². The van der Waals surface area contributed by atoms with Crippen molar-refractivity contribution in [2.45, 2.75) is 25.9 Å². The van der Waals surface area contributed by atoms with Gasteiger partial charge < -0.3 is 14.6 Å². The van der Waals surface area contributed by atoms with Crippen LogP contribution in [0.25, 0.3) is 0 Å². The van der Waals surface area contributed by atoms with Crippen LogP contribution in [-0.4, -0.2) is 38.6 Å². The molecular weight excluding hydrogens is 144 g/mol. The van der Waals surface area contributed by atoms with Gasteiger partial charge in [0.2, 0.25) is 0 Å². The third-order valence-electron chi connectivity index (χ3n) is 1.27. The van der Waals surface area contributed by atoms with Crippen LogP contribution in [0, 0.1) is 0 Å². The van der Waals surface area contributed by atoms with E-state index in [1.54, 1.807) is 21.3 Å². The van der Waals surface area contributed by atoms with E-state index in [0.29, 0.717) is 6.42 Å². The molecule has 0 aliphatic rings. The first kappa shape index (κ1) is 13.5. The number of rotatable bonds is 3. The van der Waals surface area contributed by atoms with Crippen LogP contribution < -0.4 is 0 Å². The van der Waals surface area contributed by atoms with Crippen molar-refractivity contribution < 1.29 is 14.6 Å². The van der Waals surface area contributed by atoms with Gasteiger partial charge in [0.15, 0.2) is 0 Å². The van der Waals surface area contributed by atoms with Gasteiger partial charge >= 0.3 is 0 Å². The summed E-state index contributed by atoms with van der Waals surface area (Å²) in [6, 6.07) is 0. The lowest BCUT2D eigenvalue weighted by Crippen LogP contribution is -2.23. The minimum Gasteiger partial charge on any atom is -0.396 e. The van der Waals surface area contributed by atoms with E-state index >= 15 is 0 Å². The van der Waals surface area contributed by atoms with Crippen LogP contribution in [0.1, 0.15) is 20.3 Å². The van der Waals surface area contributed by atoms with Gasteiger partial charge in [-0.25, -0.2) is 0 Å². The van der Waals surface area contributed by atoms with Gasteiger partial charge in [0.1, 0.15) is 0 Å². The molecule has 3 heteroatoms. The van der Waals surface area contributed by atoms with Crippen molar-refractivity contribution in [2.75, 3.05) is 27.9 Å². The Kier molecular flexibility index (Phi) is 9.77. The Morgan fingerprint density at radius 3 is 1.64 bits per heavy atom. The highest BCUT2D eigenvalue weighted by Crippen LogP contribution is 2.10. The van der Waals surface area contributed by atoms with Crippen LogP contribution in [0.15, 0.2) is 0 Å². The van der Waals surface area contributed by atoms with Crippen molar-refractivity contribution in [2.24, 2.45) is 0 Å². The summed E-state index contributed by atoms with van der Waals surface area (Å²) in [6.45, 7) is 4.09. The van der Waals surface area contributed by atoms with E-state index in [4.69, 9.17) is 9.84 Å². The fourth-order valence-electron chi connectivity index (χ4n) is 0.371. The Labute approximate surface area is 69.3 Å². The molecule has 0 aromatic rings. The normalized spacial score (nSPS) is 10.4. The molecule has 0 radical (unpaired) electrons. The Hall–Kier alpha value is -0.120. The van der Waals surface area contributed by atoms with Crippen molar-refractivity contribution in [3.05, 3.63) is 0 Å². The SMILES string of the molecule is COC.COC(C)(C)CCO. The molecule has 3 nitrogen and oxygen atoms in total. The Morgan fingerprint density at radius 1 is 1.18 bits per heavy atom. The van der Waals surface area contributed by atoms with Gasteiger partial charge in [-0.1, -0.05) is 0 Å². The minimum atomic E-state index is -0.158. The molecule has 0 bridgehead atoms. The number of aliphatic hydroxyl groups is 1. The van der Waals surface area contributed by atoms with Crippen molar-refractivity contribution in [3.63, 3.8) is 0 Å². The average Bonchev–Trinajstić information content (AvgIpc) is 1.90. The first-order chi connectivity index (χ1) is 5.04. The fourth-order valence-corrected chi connectivity index (χ4v) is 0.371. The Bertz CT molecular complexity index is 71.7. The predicted octanol–water partition coefficient (Wildman–Crippen LogP) is 1.06. The molecule has 11 heavy (non-hydrogen) atoms. The zero-order chi connectivity index (χ0) is 9.33. The maximum absolute atomic E-state index is 8.45. The minimum absolute atomic E-state index is 0.158. The lowest BCUT2D eigenvalue weighted by atomic mass is 10.1. The summed E-state index contributed by atoms with van der Waals surface area (Å²) in [7, 11) is 4.90. The quantitative estimate of drug-likeness (QED) is 0.677. The first-order valence-electron chi connectivity index (χ1n) is 3.60. The fraction of sp³-hybridized carbons (Fsp3) is 1.00. The molecule has 0 aromatic carbocycles. The molecule has 0 fully saturated rings. The van der Waals surface area contributed by atoms with E-state index in [0.717, 1.165) is 0 Å². The Balaban J connectivity index is 0. The zero-order valence-corrected chi connectivity index (χ0v) is 8.18. The number of aliphatic hydroxyl groups excluding tert-OH is 1. The third kappa shape index (κ3) is 13.0. The van der Waals surface area contributed by atoms with E-state index < -0.39 is 0 Å². The second kappa shape index (κ2) is 7.98. The molecule has 0 heterocycles. The summed E-state index contributed by atoms with van der Waals surface area (Å²) < 4.78 is 9.27. The maximum Gasteiger partial charge on any atom is 0.0644 e. The second-order valence-electron chi connectivity index (χ2n) is 2.85. The number of hydrogen-bond acceptors (Lipinski definition) is 3. The van der Waals surface area contributed by atoms with Gasteiger partial charge in [-0.3, -0.25) is 0 Å². The summed E-state index contributed by atoms with van der Waals surface area (Å²) in [5, 5.41) is 8.45. The molecular formula is C8H20O3. The molecule has 1 N–H and O–H groups in total. The lowest BCUT2D eigenvalue weighted by molar-refractivity contribution is 0.00293. The molecule has 0 aromatic heterocycles. The van der Waals surface area contributed by atoms with Gasteiger partial charge in [0.25, 0.3) is 0 Å². The molecule has 0 saturated heterocycles. The van der Waals surface area contributed by atoms with Crippen molar-refractivity contribution >= 4 is 0 Å². The summed E-state index contributed by atoms with van der Waals surface area (Å²) in [6.07, 6.45) is 0.698. The van der Waals surface area contributed by atoms with E-state index in [1.165, 1.54) is 0 Å². The van der Waals surface area contributed by atoms with Gasteiger partial charge in [0.05, 0.1) is 5.60 Å². The molecule has 0 aliphatic heterocycles. The highest BCUT2D eigenvalue weighted by molar-refractivity contribution is 4.65. The number of methoxy groups -OCH3 is 2. The molecule has 70 valence electrons. The van der Waals surface area contributed by atoms with Gasteiger partial charge in [-0.15, -0.1) is 0 Å². The molecule has 0 spiro atoms. The van der Waals surface area contributed by atoms with Gasteiger partial charge in [0, 0.05) is 27.9 Å². The smallest absolute Gasteiger partial charge is 0.0644 e. The zero-order valence-electron chi connectivity index (χ0n) is 8.18. The molecule has 0 rings (SSSR count). The van der Waals surface area contributed by atoms with Crippen molar-refractivity contribution in [3.8, 4) is 0 Å². The number of hydrogen-bond donors (Lipinski definition) is 1. The monoisotopic (exact) mass is 164 g/mol. The second-order valence-corrected chi connectivity index (χ2v) is 2.85.